The zero-order chi connectivity index (χ0) is 28.5. The van der Waals surface area contributed by atoms with Crippen molar-refractivity contribution in [2.24, 2.45) is 5.10 Å². The van der Waals surface area contributed by atoms with Gasteiger partial charge in [0.1, 0.15) is 16.5 Å². The Labute approximate surface area is 237 Å². The average molecular weight is 564 g/mol. The number of hydrogen-bond acceptors (Lipinski definition) is 8. The van der Waals surface area contributed by atoms with Crippen molar-refractivity contribution in [3.05, 3.63) is 75.7 Å². The van der Waals surface area contributed by atoms with Crippen LogP contribution >= 0.6 is 11.3 Å². The lowest BCUT2D eigenvalue weighted by Crippen LogP contribution is -2.33. The highest BCUT2D eigenvalue weighted by atomic mass is 32.1. The third-order valence-electron chi connectivity index (χ3n) is 6.26. The fourth-order valence-electron chi connectivity index (χ4n) is 4.27. The van der Waals surface area contributed by atoms with Gasteiger partial charge < -0.3 is 19.5 Å². The van der Waals surface area contributed by atoms with Crippen LogP contribution < -0.4 is 20.2 Å². The SMILES string of the molecule is CCOC(=O)c1c(NC(=O)c2ccc(OC(C)C(=O)NN=Cc3ccc(OCC)cc3)cc2)sc2c1CCCC2. The van der Waals surface area contributed by atoms with Crippen LogP contribution in [-0.2, 0) is 22.4 Å². The van der Waals surface area contributed by atoms with Gasteiger partial charge in [0.25, 0.3) is 11.8 Å². The number of hydrogen-bond donors (Lipinski definition) is 2. The average Bonchev–Trinajstić information content (AvgIpc) is 3.32. The summed E-state index contributed by atoms with van der Waals surface area (Å²) < 4.78 is 16.4. The van der Waals surface area contributed by atoms with E-state index in [0.29, 0.717) is 28.5 Å². The minimum absolute atomic E-state index is 0.268. The molecule has 1 atom stereocenters. The molecule has 1 aliphatic rings. The van der Waals surface area contributed by atoms with E-state index in [9.17, 15) is 14.4 Å². The fraction of sp³-hybridized carbons (Fsp3) is 0.333. The van der Waals surface area contributed by atoms with Gasteiger partial charge in [0, 0.05) is 10.4 Å². The molecule has 0 bridgehead atoms. The Bertz CT molecular complexity index is 1370. The normalized spacial score (nSPS) is 13.3. The van der Waals surface area contributed by atoms with E-state index in [2.05, 4.69) is 15.8 Å². The molecule has 0 radical (unpaired) electrons. The number of aryl methyl sites for hydroxylation is 1. The Morgan fingerprint density at radius 3 is 2.38 bits per heavy atom. The fourth-order valence-corrected chi connectivity index (χ4v) is 5.54. The van der Waals surface area contributed by atoms with Crippen molar-refractivity contribution < 1.29 is 28.6 Å². The zero-order valence-electron chi connectivity index (χ0n) is 22.8. The van der Waals surface area contributed by atoms with Gasteiger partial charge in [-0.15, -0.1) is 11.3 Å². The summed E-state index contributed by atoms with van der Waals surface area (Å²) in [5, 5.41) is 7.40. The van der Waals surface area contributed by atoms with Gasteiger partial charge in [-0.25, -0.2) is 10.2 Å². The molecule has 4 rings (SSSR count). The van der Waals surface area contributed by atoms with Crippen molar-refractivity contribution in [3.63, 3.8) is 0 Å². The molecule has 0 saturated heterocycles. The van der Waals surface area contributed by atoms with Crippen molar-refractivity contribution in [3.8, 4) is 11.5 Å². The first-order chi connectivity index (χ1) is 19.4. The summed E-state index contributed by atoms with van der Waals surface area (Å²) in [6.07, 6.45) is 4.49. The molecule has 2 aromatic carbocycles. The van der Waals surface area contributed by atoms with Crippen LogP contribution in [0.2, 0.25) is 0 Å². The van der Waals surface area contributed by atoms with Crippen LogP contribution in [0.4, 0.5) is 5.00 Å². The lowest BCUT2D eigenvalue weighted by atomic mass is 9.95. The Kier molecular flexibility index (Phi) is 9.91. The lowest BCUT2D eigenvalue weighted by Gasteiger charge is -2.13. The number of thiophene rings is 1. The largest absolute Gasteiger partial charge is 0.494 e. The van der Waals surface area contributed by atoms with E-state index in [4.69, 9.17) is 14.2 Å². The number of hydrazone groups is 1. The van der Waals surface area contributed by atoms with Crippen LogP contribution in [0.3, 0.4) is 0 Å². The molecule has 1 heterocycles. The lowest BCUT2D eigenvalue weighted by molar-refractivity contribution is -0.127. The second kappa shape index (κ2) is 13.7. The smallest absolute Gasteiger partial charge is 0.341 e. The molecule has 2 N–H and O–H groups in total. The number of carbonyl (C=O) groups is 3. The molecule has 10 heteroatoms. The van der Waals surface area contributed by atoms with Crippen LogP contribution in [0.25, 0.3) is 0 Å². The summed E-state index contributed by atoms with van der Waals surface area (Å²) in [6.45, 7) is 6.15. The number of carbonyl (C=O) groups excluding carboxylic acids is 3. The zero-order valence-corrected chi connectivity index (χ0v) is 23.6. The second-order valence-corrected chi connectivity index (χ2v) is 10.2. The van der Waals surface area contributed by atoms with Gasteiger partial charge in [0.05, 0.1) is 25.0 Å². The van der Waals surface area contributed by atoms with Crippen LogP contribution in [-0.4, -0.2) is 43.3 Å². The maximum Gasteiger partial charge on any atom is 0.341 e. The van der Waals surface area contributed by atoms with Crippen molar-refractivity contribution >= 4 is 40.3 Å². The Morgan fingerprint density at radius 1 is 0.975 bits per heavy atom. The molecule has 3 aromatic rings. The summed E-state index contributed by atoms with van der Waals surface area (Å²) in [5.41, 5.74) is 5.13. The highest BCUT2D eigenvalue weighted by Gasteiger charge is 2.27. The van der Waals surface area contributed by atoms with E-state index in [1.807, 2.05) is 31.2 Å². The summed E-state index contributed by atoms with van der Waals surface area (Å²) >= 11 is 1.44. The Morgan fingerprint density at radius 2 is 1.68 bits per heavy atom. The van der Waals surface area contributed by atoms with Gasteiger partial charge in [0.15, 0.2) is 6.10 Å². The predicted molar refractivity (Wildman–Crippen MR) is 155 cm³/mol. The van der Waals surface area contributed by atoms with Gasteiger partial charge in [-0.2, -0.15) is 5.10 Å². The molecule has 40 heavy (non-hydrogen) atoms. The summed E-state index contributed by atoms with van der Waals surface area (Å²) in [6, 6.07) is 13.8. The third-order valence-corrected chi connectivity index (χ3v) is 7.46. The monoisotopic (exact) mass is 563 g/mol. The molecule has 2 amide bonds. The third kappa shape index (κ3) is 7.26. The van der Waals surface area contributed by atoms with Crippen molar-refractivity contribution in [2.45, 2.75) is 52.6 Å². The van der Waals surface area contributed by atoms with E-state index in [1.165, 1.54) is 17.6 Å². The molecule has 0 saturated carbocycles. The highest BCUT2D eigenvalue weighted by molar-refractivity contribution is 7.17. The Balaban J connectivity index is 1.33. The first-order valence-corrected chi connectivity index (χ1v) is 14.2. The molecule has 1 aliphatic carbocycles. The van der Waals surface area contributed by atoms with Crippen molar-refractivity contribution in [2.75, 3.05) is 18.5 Å². The first kappa shape index (κ1) is 28.8. The van der Waals surface area contributed by atoms with Crippen LogP contribution in [0.15, 0.2) is 53.6 Å². The van der Waals surface area contributed by atoms with Gasteiger partial charge in [-0.3, -0.25) is 9.59 Å². The molecule has 1 aromatic heterocycles. The standard InChI is InChI=1S/C30H33N3O6S/c1-4-37-22-14-10-20(11-15-22)18-31-33-27(34)19(3)39-23-16-12-21(13-17-23)28(35)32-29-26(30(36)38-5-2)24-8-6-7-9-25(24)40-29/h10-19H,4-9H2,1-3H3,(H,32,35)(H,33,34). The summed E-state index contributed by atoms with van der Waals surface area (Å²) in [7, 11) is 0. The van der Waals surface area contributed by atoms with Crippen LogP contribution in [0.5, 0.6) is 11.5 Å². The maximum atomic E-state index is 13.0. The molecule has 210 valence electrons. The number of rotatable bonds is 11. The predicted octanol–water partition coefficient (Wildman–Crippen LogP) is 5.37. The van der Waals surface area contributed by atoms with Crippen molar-refractivity contribution in [1.82, 2.24) is 5.43 Å². The minimum Gasteiger partial charge on any atom is -0.494 e. The topological polar surface area (TPSA) is 115 Å². The Hall–Kier alpha value is -4.18. The first-order valence-electron chi connectivity index (χ1n) is 13.3. The number of benzene rings is 2. The summed E-state index contributed by atoms with van der Waals surface area (Å²) in [5.74, 6) is 0.0219. The highest BCUT2D eigenvalue weighted by Crippen LogP contribution is 2.38. The molecule has 0 fully saturated rings. The van der Waals surface area contributed by atoms with Gasteiger partial charge >= 0.3 is 5.97 Å². The number of anilines is 1. The number of amides is 2. The van der Waals surface area contributed by atoms with Gasteiger partial charge in [0.2, 0.25) is 0 Å². The van der Waals surface area contributed by atoms with Crippen LogP contribution in [0.1, 0.15) is 70.3 Å². The van der Waals surface area contributed by atoms with Gasteiger partial charge in [-0.05, 0) is 106 Å². The molecule has 0 spiro atoms. The van der Waals surface area contributed by atoms with E-state index in [0.717, 1.165) is 47.4 Å². The van der Waals surface area contributed by atoms with Gasteiger partial charge in [-0.1, -0.05) is 0 Å². The summed E-state index contributed by atoms with van der Waals surface area (Å²) in [4.78, 5) is 39.2. The second-order valence-electron chi connectivity index (χ2n) is 9.11. The number of fused-ring (bicyclic) bond motifs is 1. The molecule has 9 nitrogen and oxygen atoms in total. The van der Waals surface area contributed by atoms with E-state index in [1.54, 1.807) is 38.1 Å². The number of esters is 1. The number of nitrogens with zero attached hydrogens (tertiary/aromatic N) is 1. The molecule has 0 aliphatic heterocycles. The van der Waals surface area contributed by atoms with E-state index < -0.39 is 18.0 Å². The molecular weight excluding hydrogens is 530 g/mol. The van der Waals surface area contributed by atoms with E-state index >= 15 is 0 Å². The maximum absolute atomic E-state index is 13.0. The van der Waals surface area contributed by atoms with Crippen LogP contribution in [0, 0.1) is 0 Å². The molecule has 1 unspecified atom stereocenters. The number of nitrogens with one attached hydrogen (secondary N) is 2. The quantitative estimate of drug-likeness (QED) is 0.184. The van der Waals surface area contributed by atoms with E-state index in [-0.39, 0.29) is 12.5 Å². The number of ether oxygens (including phenoxy) is 3. The molecular formula is C30H33N3O6S. The van der Waals surface area contributed by atoms with Crippen molar-refractivity contribution in [1.29, 1.82) is 0 Å². The minimum atomic E-state index is -0.818.